The molecule has 0 saturated heterocycles. The average Bonchev–Trinajstić information content (AvgIpc) is 3.12. The third-order valence-corrected chi connectivity index (χ3v) is 3.78. The van der Waals surface area contributed by atoms with Crippen LogP contribution in [0.3, 0.4) is 0 Å². The molecule has 0 aromatic carbocycles. The van der Waals surface area contributed by atoms with E-state index in [-0.39, 0.29) is 0 Å². The zero-order chi connectivity index (χ0) is 15.8. The van der Waals surface area contributed by atoms with Crippen LogP contribution in [-0.2, 0) is 13.5 Å². The summed E-state index contributed by atoms with van der Waals surface area (Å²) in [4.78, 5) is 8.74. The van der Waals surface area contributed by atoms with Gasteiger partial charge in [-0.15, -0.1) is 0 Å². The van der Waals surface area contributed by atoms with Gasteiger partial charge in [0.15, 0.2) is 11.1 Å². The Balaban J connectivity index is 2.01. The molecule has 0 aliphatic carbocycles. The first-order valence-corrected chi connectivity index (χ1v) is 6.32. The van der Waals surface area contributed by atoms with Gasteiger partial charge in [0.05, 0.1) is 22.3 Å². The molecule has 0 amide bonds. The average molecular weight is 266 g/mol. The molecule has 0 bridgehead atoms. The van der Waals surface area contributed by atoms with Crippen LogP contribution in [0, 0.1) is 0 Å². The van der Waals surface area contributed by atoms with E-state index in [9.17, 15) is 0 Å². The molecule has 5 rings (SSSR count). The number of pyridine rings is 2. The van der Waals surface area contributed by atoms with Crippen molar-refractivity contribution in [3.05, 3.63) is 42.4 Å². The highest BCUT2D eigenvalue weighted by atomic mass is 16.3. The highest BCUT2D eigenvalue weighted by molar-refractivity contribution is 5.99. The summed E-state index contributed by atoms with van der Waals surface area (Å²) >= 11 is 0. The maximum Gasteiger partial charge on any atom is 0.340 e. The number of imidazole rings is 1. The molecule has 0 fully saturated rings. The van der Waals surface area contributed by atoms with Gasteiger partial charge in [-0.3, -0.25) is 4.98 Å². The summed E-state index contributed by atoms with van der Waals surface area (Å²) in [5, 5.41) is 0. The van der Waals surface area contributed by atoms with Crippen LogP contribution >= 0.6 is 0 Å². The van der Waals surface area contributed by atoms with Gasteiger partial charge < -0.3 is 4.42 Å². The molecular weight excluding hydrogens is 252 g/mol. The highest BCUT2D eigenvalue weighted by Crippen LogP contribution is 2.35. The third kappa shape index (κ3) is 1.02. The van der Waals surface area contributed by atoms with E-state index in [0.717, 1.165) is 11.3 Å². The zero-order valence-electron chi connectivity index (χ0n) is 13.4. The lowest BCUT2D eigenvalue weighted by atomic mass is 10.2. The van der Waals surface area contributed by atoms with Crippen LogP contribution in [-0.4, -0.2) is 14.5 Å². The summed E-state index contributed by atoms with van der Waals surface area (Å²) in [5.74, 6) is 0.592. The Morgan fingerprint density at radius 2 is 2.20 bits per heavy atom. The lowest BCUT2D eigenvalue weighted by molar-refractivity contribution is -0.640. The van der Waals surface area contributed by atoms with Gasteiger partial charge in [-0.25, -0.2) is 9.55 Å². The molecule has 5 heteroatoms. The molecule has 0 radical (unpaired) electrons. The van der Waals surface area contributed by atoms with Gasteiger partial charge in [-0.05, 0) is 24.3 Å². The first-order chi connectivity index (χ1) is 11.1. The summed E-state index contributed by atoms with van der Waals surface area (Å²) in [6.07, 6.45) is 3.39. The first kappa shape index (κ1) is 7.79. The van der Waals surface area contributed by atoms with Gasteiger partial charge in [-0.1, -0.05) is 0 Å². The molecule has 4 aromatic heterocycles. The van der Waals surface area contributed by atoms with Gasteiger partial charge >= 0.3 is 5.71 Å². The number of aryl methyl sites for hydroxylation is 1. The molecule has 0 N–H and O–H groups in total. The Morgan fingerprint density at radius 1 is 1.30 bits per heavy atom. The van der Waals surface area contributed by atoms with E-state index in [1.54, 1.807) is 24.5 Å². The van der Waals surface area contributed by atoms with Gasteiger partial charge in [0.2, 0.25) is 5.52 Å². The number of rotatable bonds is 0. The topological polar surface area (TPSA) is 47.7 Å². The Labute approximate surface area is 118 Å². The predicted octanol–water partition coefficient (Wildman–Crippen LogP) is 2.03. The summed E-state index contributed by atoms with van der Waals surface area (Å²) in [6, 6.07) is 7.26. The van der Waals surface area contributed by atoms with Crippen molar-refractivity contribution in [3.8, 4) is 11.4 Å². The molecule has 96 valence electrons. The van der Waals surface area contributed by atoms with Crippen molar-refractivity contribution < 1.29 is 13.1 Å². The van der Waals surface area contributed by atoms with Crippen LogP contribution in [0.5, 0.6) is 0 Å². The van der Waals surface area contributed by atoms with Crippen molar-refractivity contribution in [2.24, 2.45) is 6.98 Å². The summed E-state index contributed by atoms with van der Waals surface area (Å²) < 4.78 is 32.8. The van der Waals surface area contributed by atoms with E-state index in [4.69, 9.17) is 8.53 Å². The molecular formula is C15H11N4O+. The van der Waals surface area contributed by atoms with Gasteiger partial charge in [0.1, 0.15) is 6.54 Å². The molecule has 0 spiro atoms. The highest BCUT2D eigenvalue weighted by Gasteiger charge is 2.36. The molecule has 1 aliphatic heterocycles. The van der Waals surface area contributed by atoms with Crippen LogP contribution in [0.4, 0.5) is 0 Å². The molecule has 5 heterocycles. The van der Waals surface area contributed by atoms with Crippen molar-refractivity contribution in [1.82, 2.24) is 14.5 Å². The fraction of sp³-hybridized carbons (Fsp3) is 0.133. The van der Waals surface area contributed by atoms with E-state index in [1.165, 1.54) is 4.57 Å². The van der Waals surface area contributed by atoms with Crippen molar-refractivity contribution in [3.63, 3.8) is 0 Å². The van der Waals surface area contributed by atoms with Gasteiger partial charge in [0.25, 0.3) is 5.82 Å². The second-order valence-electron chi connectivity index (χ2n) is 4.85. The summed E-state index contributed by atoms with van der Waals surface area (Å²) in [7, 11) is 0. The largest absolute Gasteiger partial charge is 0.417 e. The van der Waals surface area contributed by atoms with E-state index >= 15 is 0 Å². The number of furan rings is 1. The fourth-order valence-electron chi connectivity index (χ4n) is 2.96. The number of nitrogens with zero attached hydrogens (tertiary/aromatic N) is 4. The Bertz CT molecular complexity index is 1090. The second kappa shape index (κ2) is 3.25. The van der Waals surface area contributed by atoms with Crippen LogP contribution in [0.15, 0.2) is 41.1 Å². The first-order valence-electron chi connectivity index (χ1n) is 7.82. The van der Waals surface area contributed by atoms with Gasteiger partial charge in [0, 0.05) is 12.4 Å². The van der Waals surface area contributed by atoms with Crippen LogP contribution in [0.2, 0.25) is 0 Å². The molecule has 0 saturated carbocycles. The minimum absolute atomic E-state index is 0.322. The van der Waals surface area contributed by atoms with Crippen molar-refractivity contribution in [2.75, 3.05) is 0 Å². The number of aromatic nitrogens is 4. The maximum atomic E-state index is 7.94. The van der Waals surface area contributed by atoms with E-state index in [2.05, 4.69) is 9.97 Å². The minimum Gasteiger partial charge on any atom is -0.417 e. The molecule has 4 aromatic rings. The second-order valence-corrected chi connectivity index (χ2v) is 4.85. The summed E-state index contributed by atoms with van der Waals surface area (Å²) in [6.45, 7) is -1.85. The van der Waals surface area contributed by atoms with E-state index in [0.29, 0.717) is 34.7 Å². The smallest absolute Gasteiger partial charge is 0.340 e. The fourth-order valence-corrected chi connectivity index (χ4v) is 2.96. The van der Waals surface area contributed by atoms with E-state index in [1.807, 2.05) is 16.7 Å². The predicted molar refractivity (Wildman–Crippen MR) is 73.0 cm³/mol. The quantitative estimate of drug-likeness (QED) is 0.403. The zero-order valence-corrected chi connectivity index (χ0v) is 10.4. The Kier molecular flexibility index (Phi) is 1.27. The molecule has 1 aliphatic rings. The molecule has 20 heavy (non-hydrogen) atoms. The lowest BCUT2D eigenvalue weighted by Crippen LogP contribution is -2.29. The SMILES string of the molecule is [2H]C([2H])([2H])[n+]1c2n(c3c4ncccc4oc31)Cc1ncccc1-2. The number of fused-ring (bicyclic) bond motifs is 7. The van der Waals surface area contributed by atoms with Crippen LogP contribution in [0.1, 0.15) is 9.81 Å². The molecule has 5 nitrogen and oxygen atoms in total. The molecule has 0 unspecified atom stereocenters. The van der Waals surface area contributed by atoms with Gasteiger partial charge in [-0.2, -0.15) is 4.57 Å². The van der Waals surface area contributed by atoms with Crippen molar-refractivity contribution in [2.45, 2.75) is 6.54 Å². The normalized spacial score (nSPS) is 15.9. The Hall–Kier alpha value is -2.69. The standard InChI is InChI=1S/C15H11N4O/c1-18-14-9-4-2-6-16-10(9)8-19(14)13-12-11(20-15(13)18)5-3-7-17-12/h2-7H,8H2,1H3/q+1/i1D3. The monoisotopic (exact) mass is 266 g/mol. The minimum atomic E-state index is -2.36. The number of hydrogen-bond donors (Lipinski definition) is 0. The third-order valence-electron chi connectivity index (χ3n) is 3.78. The summed E-state index contributed by atoms with van der Waals surface area (Å²) in [5.41, 5.74) is 3.94. The van der Waals surface area contributed by atoms with Crippen LogP contribution < -0.4 is 4.57 Å². The maximum absolute atomic E-state index is 7.94. The molecule has 0 atom stereocenters. The van der Waals surface area contributed by atoms with Crippen molar-refractivity contribution >= 4 is 22.3 Å². The lowest BCUT2D eigenvalue weighted by Gasteiger charge is -1.93. The number of hydrogen-bond acceptors (Lipinski definition) is 3. The van der Waals surface area contributed by atoms with E-state index < -0.39 is 6.98 Å². The van der Waals surface area contributed by atoms with Crippen LogP contribution in [0.25, 0.3) is 33.7 Å². The Morgan fingerprint density at radius 3 is 3.15 bits per heavy atom. The van der Waals surface area contributed by atoms with Crippen molar-refractivity contribution in [1.29, 1.82) is 0 Å².